The highest BCUT2D eigenvalue weighted by Gasteiger charge is 2.64. The second-order valence-corrected chi connectivity index (χ2v) is 12.6. The van der Waals surface area contributed by atoms with Gasteiger partial charge in [-0.25, -0.2) is 0 Å². The molecule has 2 rings (SSSR count). The highest BCUT2D eigenvalue weighted by molar-refractivity contribution is 7.90. The van der Waals surface area contributed by atoms with Gasteiger partial charge in [-0.3, -0.25) is 4.79 Å². The number of nitrogens with one attached hydrogen (secondary N) is 2. The molecule has 1 spiro atoms. The summed E-state index contributed by atoms with van der Waals surface area (Å²) in [6.45, 7) is 11.6. The average Bonchev–Trinajstić information content (AvgIpc) is 2.94. The molecule has 31 heavy (non-hydrogen) atoms. The molecule has 0 radical (unpaired) electrons. The number of piperidine rings is 1. The lowest BCUT2D eigenvalue weighted by molar-refractivity contribution is -0.184. The fourth-order valence-electron chi connectivity index (χ4n) is 5.11. The van der Waals surface area contributed by atoms with E-state index in [-0.39, 0.29) is 11.9 Å². The number of esters is 1. The number of hydrogen-bond acceptors (Lipinski definition) is 6. The highest BCUT2D eigenvalue weighted by atomic mass is 32.2. The average molecular weight is 459 g/mol. The third-order valence-electron chi connectivity index (χ3n) is 7.14. The van der Waals surface area contributed by atoms with Crippen LogP contribution < -0.4 is 10.0 Å². The van der Waals surface area contributed by atoms with E-state index >= 15 is 0 Å². The van der Waals surface area contributed by atoms with E-state index in [2.05, 4.69) is 17.0 Å². The van der Waals surface area contributed by atoms with Crippen LogP contribution in [0.3, 0.4) is 0 Å². The third-order valence-corrected chi connectivity index (χ3v) is 8.77. The van der Waals surface area contributed by atoms with Gasteiger partial charge in [0.1, 0.15) is 4.75 Å². The van der Waals surface area contributed by atoms with Gasteiger partial charge < -0.3 is 19.7 Å². The zero-order valence-electron chi connectivity index (χ0n) is 20.4. The van der Waals surface area contributed by atoms with E-state index in [1.165, 1.54) is 19.3 Å². The van der Waals surface area contributed by atoms with Gasteiger partial charge in [-0.1, -0.05) is 50.7 Å². The fourth-order valence-corrected chi connectivity index (χ4v) is 6.06. The molecule has 1 saturated carbocycles. The molecule has 2 aliphatic rings. The van der Waals surface area contributed by atoms with Gasteiger partial charge in [0.05, 0.1) is 12.0 Å². The van der Waals surface area contributed by atoms with Crippen LogP contribution in [0.2, 0.25) is 0 Å². The normalized spacial score (nSPS) is 27.9. The topological polar surface area (TPSA) is 93.7 Å². The summed E-state index contributed by atoms with van der Waals surface area (Å²) in [5.41, 5.74) is -1.48. The molecule has 1 aliphatic carbocycles. The zero-order chi connectivity index (χ0) is 23.1. The fraction of sp³-hybridized carbons (Fsp3) is 0.958. The van der Waals surface area contributed by atoms with Crippen LogP contribution in [0.4, 0.5) is 0 Å². The van der Waals surface area contributed by atoms with Crippen LogP contribution in [0.1, 0.15) is 105 Å². The highest BCUT2D eigenvalue weighted by Crippen LogP contribution is 2.54. The molecule has 1 aliphatic heterocycles. The van der Waals surface area contributed by atoms with Crippen molar-refractivity contribution in [2.75, 3.05) is 13.1 Å². The van der Waals surface area contributed by atoms with E-state index in [0.717, 1.165) is 51.6 Å². The van der Waals surface area contributed by atoms with E-state index < -0.39 is 33.4 Å². The van der Waals surface area contributed by atoms with Crippen LogP contribution in [0.5, 0.6) is 0 Å². The van der Waals surface area contributed by atoms with Gasteiger partial charge in [0.2, 0.25) is 5.72 Å². The predicted octanol–water partition coefficient (Wildman–Crippen LogP) is 4.19. The molecule has 0 aromatic carbocycles. The molecule has 1 heterocycles. The van der Waals surface area contributed by atoms with Crippen LogP contribution in [0.15, 0.2) is 0 Å². The van der Waals surface area contributed by atoms with Crippen LogP contribution in [-0.4, -0.2) is 45.3 Å². The van der Waals surface area contributed by atoms with Crippen molar-refractivity contribution in [3.8, 4) is 0 Å². The monoisotopic (exact) mass is 458 g/mol. The quantitative estimate of drug-likeness (QED) is 0.186. The summed E-state index contributed by atoms with van der Waals surface area (Å²) in [6, 6.07) is 0. The first kappa shape index (κ1) is 26.9. The smallest absolute Gasteiger partial charge is 0.310 e. The standard InChI is InChI=1S/C24H46N2O4S/c1-6-8-9-10-11-12-19(7-2)21(28)30-24(26-31(29)22(3,4)5)18-20(27)17-23(24)13-15-25-16-14-23/h19-20,25-27H,6-18H2,1-5H3/t19?,20-,24-,31?/m1/s1. The Labute approximate surface area is 193 Å². The second kappa shape index (κ2) is 11.7. The number of unbranched alkanes of at least 4 members (excludes halogenated alkanes) is 4. The molecule has 1 saturated heterocycles. The Morgan fingerprint density at radius 1 is 1.19 bits per heavy atom. The van der Waals surface area contributed by atoms with Crippen molar-refractivity contribution in [2.24, 2.45) is 11.3 Å². The first-order valence-corrected chi connectivity index (χ1v) is 13.6. The minimum atomic E-state index is -1.41. The van der Waals surface area contributed by atoms with E-state index in [0.29, 0.717) is 12.8 Å². The molecule has 182 valence electrons. The van der Waals surface area contributed by atoms with E-state index in [1.54, 1.807) is 0 Å². The number of aliphatic hydroxyl groups excluding tert-OH is 1. The van der Waals surface area contributed by atoms with Crippen molar-refractivity contribution in [3.63, 3.8) is 0 Å². The lowest BCUT2D eigenvalue weighted by atomic mass is 9.72. The van der Waals surface area contributed by atoms with Gasteiger partial charge in [-0.05, 0) is 66.0 Å². The van der Waals surface area contributed by atoms with Crippen LogP contribution in [-0.2, 0) is 20.9 Å². The molecule has 4 atom stereocenters. The van der Waals surface area contributed by atoms with E-state index in [1.807, 2.05) is 27.7 Å². The second-order valence-electron chi connectivity index (χ2n) is 10.6. The predicted molar refractivity (Wildman–Crippen MR) is 127 cm³/mol. The molecular formula is C24H46N2O4S. The number of rotatable bonds is 11. The van der Waals surface area contributed by atoms with Crippen molar-refractivity contribution in [3.05, 3.63) is 0 Å². The summed E-state index contributed by atoms with van der Waals surface area (Å²) in [6.07, 6.45) is 9.28. The Morgan fingerprint density at radius 2 is 1.84 bits per heavy atom. The Morgan fingerprint density at radius 3 is 2.42 bits per heavy atom. The van der Waals surface area contributed by atoms with Gasteiger partial charge in [-0.2, -0.15) is 0 Å². The van der Waals surface area contributed by atoms with Crippen molar-refractivity contribution in [1.82, 2.24) is 10.0 Å². The van der Waals surface area contributed by atoms with Gasteiger partial charge in [0.15, 0.2) is 0 Å². The molecule has 0 aromatic rings. The molecule has 7 heteroatoms. The first-order chi connectivity index (χ1) is 14.6. The summed E-state index contributed by atoms with van der Waals surface area (Å²) in [4.78, 5) is 13.4. The summed E-state index contributed by atoms with van der Waals surface area (Å²) in [5.74, 6) is -0.358. The zero-order valence-corrected chi connectivity index (χ0v) is 21.2. The first-order valence-electron chi connectivity index (χ1n) is 12.4. The van der Waals surface area contributed by atoms with Gasteiger partial charge in [0.25, 0.3) is 0 Å². The minimum Gasteiger partial charge on any atom is -0.598 e. The molecular weight excluding hydrogens is 412 g/mol. The number of carbonyl (C=O) groups is 1. The van der Waals surface area contributed by atoms with Crippen LogP contribution in [0.25, 0.3) is 0 Å². The maximum Gasteiger partial charge on any atom is 0.310 e. The third kappa shape index (κ3) is 6.83. The summed E-state index contributed by atoms with van der Waals surface area (Å²) >= 11 is -1.41. The Kier molecular flexibility index (Phi) is 10.1. The lowest BCUT2D eigenvalue weighted by Crippen LogP contribution is -2.64. The number of hydrogen-bond donors (Lipinski definition) is 3. The summed E-state index contributed by atoms with van der Waals surface area (Å²) in [5, 5.41) is 14.1. The molecule has 0 aromatic heterocycles. The summed E-state index contributed by atoms with van der Waals surface area (Å²) in [7, 11) is 0. The van der Waals surface area contributed by atoms with Crippen molar-refractivity contribution < 1.29 is 19.2 Å². The Bertz CT molecular complexity index is 562. The van der Waals surface area contributed by atoms with E-state index in [4.69, 9.17) is 4.74 Å². The largest absolute Gasteiger partial charge is 0.598 e. The Balaban J connectivity index is 2.21. The van der Waals surface area contributed by atoms with Crippen molar-refractivity contribution in [2.45, 2.75) is 122 Å². The summed E-state index contributed by atoms with van der Waals surface area (Å²) < 4.78 is 22.3. The molecule has 3 N–H and O–H groups in total. The molecule has 2 fully saturated rings. The minimum absolute atomic E-state index is 0.153. The maximum absolute atomic E-state index is 13.4. The molecule has 0 amide bonds. The number of carbonyl (C=O) groups excluding carboxylic acids is 1. The van der Waals surface area contributed by atoms with Crippen LogP contribution >= 0.6 is 0 Å². The number of ether oxygens (including phenoxy) is 1. The molecule has 6 nitrogen and oxygen atoms in total. The van der Waals surface area contributed by atoms with E-state index in [9.17, 15) is 14.5 Å². The van der Waals surface area contributed by atoms with Gasteiger partial charge >= 0.3 is 5.97 Å². The lowest BCUT2D eigenvalue weighted by Gasteiger charge is -2.48. The van der Waals surface area contributed by atoms with Crippen molar-refractivity contribution in [1.29, 1.82) is 0 Å². The SMILES string of the molecule is CCCCCCCC(CC)C(=O)O[C@]1(N[S+]([O-])C(C)(C)C)C[C@H](O)CC12CCNCC2. The maximum atomic E-state index is 13.4. The molecule has 0 bridgehead atoms. The number of aliphatic hydroxyl groups is 1. The van der Waals surface area contributed by atoms with Crippen LogP contribution in [0, 0.1) is 11.3 Å². The van der Waals surface area contributed by atoms with Gasteiger partial charge in [0, 0.05) is 23.2 Å². The Hall–Kier alpha value is -0.340. The van der Waals surface area contributed by atoms with Crippen molar-refractivity contribution >= 4 is 17.3 Å². The van der Waals surface area contributed by atoms with Gasteiger partial charge in [-0.15, -0.1) is 0 Å². The molecule has 2 unspecified atom stereocenters.